The van der Waals surface area contributed by atoms with Crippen LogP contribution in [0, 0.1) is 11.8 Å². The molecule has 4 rings (SSSR count). The van der Waals surface area contributed by atoms with Crippen molar-refractivity contribution < 1.29 is 9.59 Å². The molecule has 0 spiro atoms. The van der Waals surface area contributed by atoms with E-state index in [2.05, 4.69) is 15.2 Å². The van der Waals surface area contributed by atoms with Crippen LogP contribution < -0.4 is 5.32 Å². The van der Waals surface area contributed by atoms with Crippen molar-refractivity contribution in [3.05, 3.63) is 35.4 Å². The van der Waals surface area contributed by atoms with Crippen molar-refractivity contribution in [3.8, 4) is 0 Å². The fraction of sp³-hybridized carbons (Fsp3) is 0.550. The summed E-state index contributed by atoms with van der Waals surface area (Å²) in [5, 5.41) is 3.35. The number of fused-ring (bicyclic) bond motifs is 2. The Bertz CT molecular complexity index is 702. The number of guanidine groups is 1. The maximum Gasteiger partial charge on any atom is 0.261 e. The molecular weight excluding hydrogens is 455 g/mol. The minimum atomic E-state index is -0.199. The van der Waals surface area contributed by atoms with Crippen LogP contribution >= 0.6 is 24.0 Å². The van der Waals surface area contributed by atoms with E-state index < -0.39 is 0 Å². The molecule has 2 heterocycles. The second-order valence-electron chi connectivity index (χ2n) is 7.49. The summed E-state index contributed by atoms with van der Waals surface area (Å²) in [7, 11) is 1.80. The zero-order chi connectivity index (χ0) is 18.1. The predicted molar refractivity (Wildman–Crippen MR) is 116 cm³/mol. The first-order chi connectivity index (χ1) is 12.7. The van der Waals surface area contributed by atoms with E-state index >= 15 is 0 Å². The first-order valence-electron chi connectivity index (χ1n) is 9.60. The molecule has 0 bridgehead atoms. The average Bonchev–Trinajstić information content (AvgIpc) is 3.20. The highest BCUT2D eigenvalue weighted by Crippen LogP contribution is 2.35. The highest BCUT2D eigenvalue weighted by Gasteiger charge is 2.36. The third-order valence-corrected chi connectivity index (χ3v) is 5.98. The highest BCUT2D eigenvalue weighted by atomic mass is 127. The van der Waals surface area contributed by atoms with Crippen LogP contribution in [0.5, 0.6) is 0 Å². The molecule has 1 aromatic carbocycles. The van der Waals surface area contributed by atoms with E-state index in [1.807, 2.05) is 0 Å². The molecule has 2 amide bonds. The number of aliphatic imine (C=N–C) groups is 1. The summed E-state index contributed by atoms with van der Waals surface area (Å²) in [6, 6.07) is 7.02. The molecule has 2 fully saturated rings. The molecular formula is C20H27IN4O2. The summed E-state index contributed by atoms with van der Waals surface area (Å²) >= 11 is 0. The number of rotatable bonds is 3. The Morgan fingerprint density at radius 2 is 1.63 bits per heavy atom. The van der Waals surface area contributed by atoms with Gasteiger partial charge in [-0.1, -0.05) is 25.0 Å². The third-order valence-electron chi connectivity index (χ3n) is 5.98. The Balaban J connectivity index is 0.00000210. The zero-order valence-electron chi connectivity index (χ0n) is 15.7. The van der Waals surface area contributed by atoms with Gasteiger partial charge in [-0.3, -0.25) is 19.5 Å². The molecule has 146 valence electrons. The predicted octanol–water partition coefficient (Wildman–Crippen LogP) is 2.60. The van der Waals surface area contributed by atoms with Crippen LogP contribution in [0.2, 0.25) is 0 Å². The summed E-state index contributed by atoms with van der Waals surface area (Å²) in [5.74, 6) is 2.07. The molecule has 2 aliphatic heterocycles. The lowest BCUT2D eigenvalue weighted by Crippen LogP contribution is -2.44. The number of halogens is 1. The molecule has 1 aromatic rings. The van der Waals surface area contributed by atoms with Gasteiger partial charge in [0, 0.05) is 33.2 Å². The van der Waals surface area contributed by atoms with Gasteiger partial charge in [-0.05, 0) is 36.8 Å². The zero-order valence-corrected chi connectivity index (χ0v) is 18.0. The minimum Gasteiger partial charge on any atom is -0.354 e. The average molecular weight is 482 g/mol. The Labute approximate surface area is 177 Å². The number of nitrogens with zero attached hydrogens (tertiary/aromatic N) is 3. The largest absolute Gasteiger partial charge is 0.354 e. The summed E-state index contributed by atoms with van der Waals surface area (Å²) < 4.78 is 0. The normalized spacial score (nSPS) is 24.6. The quantitative estimate of drug-likeness (QED) is 0.312. The Hall–Kier alpha value is -1.64. The molecule has 0 radical (unpaired) electrons. The number of amides is 2. The first kappa shape index (κ1) is 20.1. The van der Waals surface area contributed by atoms with Gasteiger partial charge in [-0.15, -0.1) is 24.0 Å². The molecule has 3 aliphatic rings. The van der Waals surface area contributed by atoms with Crippen molar-refractivity contribution in [2.45, 2.75) is 25.7 Å². The van der Waals surface area contributed by atoms with E-state index in [1.54, 1.807) is 31.3 Å². The van der Waals surface area contributed by atoms with Crippen LogP contribution in [-0.4, -0.2) is 60.8 Å². The number of likely N-dealkylation sites (tertiary alicyclic amines) is 1. The maximum absolute atomic E-state index is 12.4. The first-order valence-corrected chi connectivity index (χ1v) is 9.60. The van der Waals surface area contributed by atoms with E-state index in [0.29, 0.717) is 24.2 Å². The van der Waals surface area contributed by atoms with Gasteiger partial charge in [0.15, 0.2) is 5.96 Å². The fourth-order valence-corrected chi connectivity index (χ4v) is 4.63. The van der Waals surface area contributed by atoms with Crippen molar-refractivity contribution in [2.24, 2.45) is 16.8 Å². The van der Waals surface area contributed by atoms with Crippen molar-refractivity contribution in [1.29, 1.82) is 0 Å². The van der Waals surface area contributed by atoms with Gasteiger partial charge < -0.3 is 10.2 Å². The molecule has 7 heteroatoms. The number of carbonyl (C=O) groups excluding carboxylic acids is 2. The van der Waals surface area contributed by atoms with Crippen LogP contribution in [-0.2, 0) is 0 Å². The Morgan fingerprint density at radius 3 is 2.15 bits per heavy atom. The summed E-state index contributed by atoms with van der Waals surface area (Å²) in [4.78, 5) is 32.9. The fourth-order valence-electron chi connectivity index (χ4n) is 4.63. The number of imide groups is 1. The standard InChI is InChI=1S/C20H26N4O2.HI/c1-21-20(23-12-14-6-2-3-7-15(14)13-23)22-10-11-24-18(25)16-8-4-5-9-17(16)19(24)26;/h4-5,8-9,14-15H,2-3,6-7,10-13H2,1H3,(H,21,22);1H. The molecule has 2 unspecified atom stereocenters. The number of benzene rings is 1. The van der Waals surface area contributed by atoms with Crippen molar-refractivity contribution in [1.82, 2.24) is 15.1 Å². The highest BCUT2D eigenvalue weighted by molar-refractivity contribution is 14.0. The van der Waals surface area contributed by atoms with Gasteiger partial charge in [0.2, 0.25) is 0 Å². The lowest BCUT2D eigenvalue weighted by molar-refractivity contribution is 0.0657. The van der Waals surface area contributed by atoms with Crippen molar-refractivity contribution >= 4 is 41.8 Å². The number of carbonyl (C=O) groups is 2. The SMILES string of the molecule is CN=C(NCCN1C(=O)c2ccccc2C1=O)N1CC2CCCCC2C1.I. The van der Waals surface area contributed by atoms with Gasteiger partial charge in [-0.25, -0.2) is 0 Å². The molecule has 6 nitrogen and oxygen atoms in total. The second kappa shape index (κ2) is 8.58. The molecule has 1 saturated carbocycles. The van der Waals surface area contributed by atoms with Crippen LogP contribution in [0.3, 0.4) is 0 Å². The molecule has 1 N–H and O–H groups in total. The van der Waals surface area contributed by atoms with Gasteiger partial charge in [0.05, 0.1) is 11.1 Å². The number of hydrogen-bond donors (Lipinski definition) is 1. The third kappa shape index (κ3) is 3.83. The van der Waals surface area contributed by atoms with Gasteiger partial charge in [0.25, 0.3) is 11.8 Å². The lowest BCUT2D eigenvalue weighted by Gasteiger charge is -2.23. The molecule has 1 saturated heterocycles. The Morgan fingerprint density at radius 1 is 1.07 bits per heavy atom. The summed E-state index contributed by atoms with van der Waals surface area (Å²) in [6.07, 6.45) is 5.35. The second-order valence-corrected chi connectivity index (χ2v) is 7.49. The van der Waals surface area contributed by atoms with Gasteiger partial charge >= 0.3 is 0 Å². The van der Waals surface area contributed by atoms with Crippen molar-refractivity contribution in [3.63, 3.8) is 0 Å². The smallest absolute Gasteiger partial charge is 0.261 e. The van der Waals surface area contributed by atoms with E-state index in [1.165, 1.54) is 30.6 Å². The molecule has 1 aliphatic carbocycles. The minimum absolute atomic E-state index is 0. The van der Waals surface area contributed by atoms with E-state index in [-0.39, 0.29) is 35.8 Å². The van der Waals surface area contributed by atoms with E-state index in [9.17, 15) is 9.59 Å². The van der Waals surface area contributed by atoms with E-state index in [4.69, 9.17) is 0 Å². The van der Waals surface area contributed by atoms with Crippen LogP contribution in [0.4, 0.5) is 0 Å². The summed E-state index contributed by atoms with van der Waals surface area (Å²) in [5.41, 5.74) is 1.01. The topological polar surface area (TPSA) is 65.0 Å². The Kier molecular flexibility index (Phi) is 6.39. The van der Waals surface area contributed by atoms with Gasteiger partial charge in [0.1, 0.15) is 0 Å². The van der Waals surface area contributed by atoms with Gasteiger partial charge in [-0.2, -0.15) is 0 Å². The molecule has 0 aromatic heterocycles. The number of nitrogens with one attached hydrogen (secondary N) is 1. The monoisotopic (exact) mass is 482 g/mol. The maximum atomic E-state index is 12.4. The van der Waals surface area contributed by atoms with Crippen LogP contribution in [0.1, 0.15) is 46.4 Å². The van der Waals surface area contributed by atoms with Crippen molar-refractivity contribution in [2.75, 3.05) is 33.2 Å². The summed E-state index contributed by atoms with van der Waals surface area (Å²) in [6.45, 7) is 3.00. The van der Waals surface area contributed by atoms with E-state index in [0.717, 1.165) is 30.9 Å². The van der Waals surface area contributed by atoms with Crippen LogP contribution in [0.25, 0.3) is 0 Å². The molecule has 2 atom stereocenters. The molecule has 27 heavy (non-hydrogen) atoms. The number of hydrogen-bond acceptors (Lipinski definition) is 3. The van der Waals surface area contributed by atoms with Crippen LogP contribution in [0.15, 0.2) is 29.3 Å². The lowest BCUT2D eigenvalue weighted by atomic mass is 9.82.